The van der Waals surface area contributed by atoms with Gasteiger partial charge in [-0.05, 0) is 31.0 Å². The van der Waals surface area contributed by atoms with Gasteiger partial charge >= 0.3 is 6.18 Å². The number of carbonyl (C=O) groups excluding carboxylic acids is 1. The Bertz CT molecular complexity index is 512. The van der Waals surface area contributed by atoms with E-state index < -0.39 is 22.2 Å². The lowest BCUT2D eigenvalue weighted by Gasteiger charge is -2.15. The highest BCUT2D eigenvalue weighted by molar-refractivity contribution is 6.31. The van der Waals surface area contributed by atoms with Crippen molar-refractivity contribution in [3.05, 3.63) is 28.8 Å². The first-order chi connectivity index (χ1) is 8.78. The minimum Gasteiger partial charge on any atom is -0.329 e. The van der Waals surface area contributed by atoms with Crippen LogP contribution in [0.1, 0.15) is 18.4 Å². The number of carbonyl (C=O) groups is 1. The van der Waals surface area contributed by atoms with Crippen LogP contribution in [0.2, 0.25) is 5.02 Å². The Balaban J connectivity index is 2.20. The highest BCUT2D eigenvalue weighted by Gasteiger charge is 2.48. The van der Waals surface area contributed by atoms with Crippen molar-refractivity contribution in [2.24, 2.45) is 11.1 Å². The van der Waals surface area contributed by atoms with Gasteiger partial charge < -0.3 is 11.1 Å². The zero-order chi connectivity index (χ0) is 14.3. The van der Waals surface area contributed by atoms with Crippen LogP contribution in [0.5, 0.6) is 0 Å². The third kappa shape index (κ3) is 2.84. The Kier molecular flexibility index (Phi) is 3.49. The summed E-state index contributed by atoms with van der Waals surface area (Å²) in [6.45, 7) is 0.193. The largest absolute Gasteiger partial charge is 0.417 e. The summed E-state index contributed by atoms with van der Waals surface area (Å²) in [5.74, 6) is -0.342. The summed E-state index contributed by atoms with van der Waals surface area (Å²) in [6.07, 6.45) is -3.23. The molecule has 0 atom stereocenters. The van der Waals surface area contributed by atoms with Gasteiger partial charge in [-0.1, -0.05) is 11.6 Å². The highest BCUT2D eigenvalue weighted by Crippen LogP contribution is 2.45. The molecule has 0 unspecified atom stereocenters. The molecule has 1 fully saturated rings. The molecule has 3 nitrogen and oxygen atoms in total. The molecule has 0 radical (unpaired) electrons. The molecule has 3 N–H and O–H groups in total. The summed E-state index contributed by atoms with van der Waals surface area (Å²) in [5.41, 5.74) is 3.97. The molecule has 1 aromatic carbocycles. The summed E-state index contributed by atoms with van der Waals surface area (Å²) in [7, 11) is 0. The van der Waals surface area contributed by atoms with Crippen LogP contribution in [-0.2, 0) is 11.0 Å². The van der Waals surface area contributed by atoms with Crippen LogP contribution in [0.25, 0.3) is 0 Å². The minimum absolute atomic E-state index is 0.0708. The number of benzene rings is 1. The molecule has 1 aliphatic carbocycles. The number of amides is 1. The second-order valence-electron chi connectivity index (χ2n) is 4.63. The lowest BCUT2D eigenvalue weighted by Crippen LogP contribution is -2.30. The molecule has 1 aromatic rings. The van der Waals surface area contributed by atoms with Gasteiger partial charge in [0.05, 0.1) is 16.0 Å². The molecule has 0 heterocycles. The van der Waals surface area contributed by atoms with E-state index in [1.807, 2.05) is 0 Å². The third-order valence-electron chi connectivity index (χ3n) is 3.26. The Morgan fingerprint density at radius 3 is 2.53 bits per heavy atom. The zero-order valence-electron chi connectivity index (χ0n) is 9.85. The van der Waals surface area contributed by atoms with Crippen molar-refractivity contribution in [1.82, 2.24) is 0 Å². The molecule has 2 rings (SSSR count). The lowest BCUT2D eigenvalue weighted by atomic mass is 10.1. The van der Waals surface area contributed by atoms with Crippen LogP contribution in [0.3, 0.4) is 0 Å². The molecule has 104 valence electrons. The quantitative estimate of drug-likeness (QED) is 0.899. The smallest absolute Gasteiger partial charge is 0.329 e. The standard InChI is InChI=1S/C12H12ClF3N2O/c13-9-2-1-7(5-8(9)12(14,15)16)18-10(19)11(6-17)3-4-11/h1-2,5H,3-4,6,17H2,(H,18,19). The zero-order valence-corrected chi connectivity index (χ0v) is 10.6. The first-order valence-electron chi connectivity index (χ1n) is 5.67. The van der Waals surface area contributed by atoms with E-state index in [0.717, 1.165) is 12.1 Å². The molecule has 0 bridgehead atoms. The molecule has 1 aliphatic rings. The fourth-order valence-electron chi connectivity index (χ4n) is 1.76. The van der Waals surface area contributed by atoms with E-state index in [-0.39, 0.29) is 18.1 Å². The normalized spacial score (nSPS) is 17.1. The average molecular weight is 293 g/mol. The third-order valence-corrected chi connectivity index (χ3v) is 3.59. The van der Waals surface area contributed by atoms with E-state index in [1.54, 1.807) is 0 Å². The van der Waals surface area contributed by atoms with E-state index >= 15 is 0 Å². The van der Waals surface area contributed by atoms with Gasteiger partial charge in [-0.15, -0.1) is 0 Å². The van der Waals surface area contributed by atoms with E-state index in [0.29, 0.717) is 12.8 Å². The maximum absolute atomic E-state index is 12.7. The van der Waals surface area contributed by atoms with Crippen LogP contribution in [-0.4, -0.2) is 12.5 Å². The van der Waals surface area contributed by atoms with Gasteiger partial charge in [-0.2, -0.15) is 13.2 Å². The van der Waals surface area contributed by atoms with Crippen LogP contribution in [0.4, 0.5) is 18.9 Å². The van der Waals surface area contributed by atoms with E-state index in [2.05, 4.69) is 5.32 Å². The Morgan fingerprint density at radius 1 is 1.42 bits per heavy atom. The van der Waals surface area contributed by atoms with Crippen molar-refractivity contribution in [3.8, 4) is 0 Å². The molecule has 0 saturated heterocycles. The van der Waals surface area contributed by atoms with Crippen LogP contribution in [0.15, 0.2) is 18.2 Å². The maximum Gasteiger partial charge on any atom is 0.417 e. The van der Waals surface area contributed by atoms with Gasteiger partial charge in [0.1, 0.15) is 0 Å². The van der Waals surface area contributed by atoms with Crippen molar-refractivity contribution in [2.75, 3.05) is 11.9 Å². The van der Waals surface area contributed by atoms with Gasteiger partial charge in [0.15, 0.2) is 0 Å². The Hall–Kier alpha value is -1.27. The minimum atomic E-state index is -4.55. The average Bonchev–Trinajstić information content (AvgIpc) is 3.11. The van der Waals surface area contributed by atoms with Crippen LogP contribution < -0.4 is 11.1 Å². The molecule has 7 heteroatoms. The summed E-state index contributed by atoms with van der Waals surface area (Å²) in [4.78, 5) is 11.9. The van der Waals surface area contributed by atoms with Gasteiger partial charge in [-0.25, -0.2) is 0 Å². The summed E-state index contributed by atoms with van der Waals surface area (Å²) >= 11 is 5.49. The Labute approximate surface area is 112 Å². The maximum atomic E-state index is 12.7. The highest BCUT2D eigenvalue weighted by atomic mass is 35.5. The molecule has 1 saturated carbocycles. The van der Waals surface area contributed by atoms with Crippen molar-refractivity contribution in [1.29, 1.82) is 0 Å². The monoisotopic (exact) mass is 292 g/mol. The van der Waals surface area contributed by atoms with Gasteiger partial charge in [0.25, 0.3) is 0 Å². The number of halogens is 4. The lowest BCUT2D eigenvalue weighted by molar-refractivity contribution is -0.137. The van der Waals surface area contributed by atoms with E-state index in [9.17, 15) is 18.0 Å². The van der Waals surface area contributed by atoms with Crippen molar-refractivity contribution >= 4 is 23.2 Å². The number of alkyl halides is 3. The SMILES string of the molecule is NCC1(C(=O)Nc2ccc(Cl)c(C(F)(F)F)c2)CC1. The van der Waals surface area contributed by atoms with Gasteiger partial charge in [-0.3, -0.25) is 4.79 Å². The van der Waals surface area contributed by atoms with Crippen LogP contribution in [0, 0.1) is 5.41 Å². The number of rotatable bonds is 3. The fourth-order valence-corrected chi connectivity index (χ4v) is 1.98. The van der Waals surface area contributed by atoms with E-state index in [1.165, 1.54) is 6.07 Å². The summed E-state index contributed by atoms with van der Waals surface area (Å²) < 4.78 is 38.0. The van der Waals surface area contributed by atoms with Crippen LogP contribution >= 0.6 is 11.6 Å². The second-order valence-corrected chi connectivity index (χ2v) is 5.04. The second kappa shape index (κ2) is 4.68. The molecule has 0 spiro atoms. The topological polar surface area (TPSA) is 55.1 Å². The van der Waals surface area contributed by atoms with Crippen molar-refractivity contribution < 1.29 is 18.0 Å². The molecule has 1 amide bonds. The Morgan fingerprint density at radius 2 is 2.05 bits per heavy atom. The van der Waals surface area contributed by atoms with E-state index in [4.69, 9.17) is 17.3 Å². The molecule has 19 heavy (non-hydrogen) atoms. The summed E-state index contributed by atoms with van der Waals surface area (Å²) in [6, 6.07) is 3.27. The first-order valence-corrected chi connectivity index (χ1v) is 6.04. The van der Waals surface area contributed by atoms with Crippen molar-refractivity contribution in [2.45, 2.75) is 19.0 Å². The predicted molar refractivity (Wildman–Crippen MR) is 65.8 cm³/mol. The number of nitrogens with one attached hydrogen (secondary N) is 1. The fraction of sp³-hybridized carbons (Fsp3) is 0.417. The predicted octanol–water partition coefficient (Wildman–Crippen LogP) is 3.04. The molecule has 0 aliphatic heterocycles. The first kappa shape index (κ1) is 14.1. The number of hydrogen-bond donors (Lipinski definition) is 2. The molecular formula is C12H12ClF3N2O. The van der Waals surface area contributed by atoms with Gasteiger partial charge in [0, 0.05) is 12.2 Å². The number of anilines is 1. The molecular weight excluding hydrogens is 281 g/mol. The van der Waals surface area contributed by atoms with Crippen molar-refractivity contribution in [3.63, 3.8) is 0 Å². The number of nitrogens with two attached hydrogens (primary N) is 1. The molecule has 0 aromatic heterocycles. The number of hydrogen-bond acceptors (Lipinski definition) is 2. The van der Waals surface area contributed by atoms with Gasteiger partial charge in [0.2, 0.25) is 5.91 Å². The summed E-state index contributed by atoms with van der Waals surface area (Å²) in [5, 5.41) is 2.06.